The number of hydrogen-bond donors (Lipinski definition) is 3. The first-order chi connectivity index (χ1) is 20.7. The molecule has 5 rings (SSSR count). The monoisotopic (exact) mass is 654 g/mol. The Hall–Kier alpha value is -3.49. The van der Waals surface area contributed by atoms with Gasteiger partial charge in [0.2, 0.25) is 5.91 Å². The quantitative estimate of drug-likeness (QED) is 0.283. The fourth-order valence-corrected chi connectivity index (χ4v) is 7.94. The molecule has 9 nitrogen and oxygen atoms in total. The summed E-state index contributed by atoms with van der Waals surface area (Å²) in [5.41, 5.74) is -1.05. The molecule has 0 bridgehead atoms. The van der Waals surface area contributed by atoms with Crippen LogP contribution in [-0.2, 0) is 21.0 Å². The molecule has 1 amide bonds. The Labute approximate surface area is 257 Å². The Bertz CT molecular complexity index is 1650. The van der Waals surface area contributed by atoms with Gasteiger partial charge < -0.3 is 10.6 Å². The van der Waals surface area contributed by atoms with Gasteiger partial charge in [0.15, 0.2) is 0 Å². The Kier molecular flexibility index (Phi) is 8.80. The third kappa shape index (κ3) is 6.33. The zero-order valence-electron chi connectivity index (χ0n) is 23.8. The van der Waals surface area contributed by atoms with E-state index in [1.807, 2.05) is 11.9 Å². The van der Waals surface area contributed by atoms with Crippen LogP contribution >= 0.6 is 11.6 Å². The highest BCUT2D eigenvalue weighted by molar-refractivity contribution is 7.92. The second-order valence-corrected chi connectivity index (χ2v) is 13.3. The maximum atomic E-state index is 15.5. The molecule has 2 aliphatic rings. The van der Waals surface area contributed by atoms with Crippen molar-refractivity contribution in [3.05, 3.63) is 77.0 Å². The van der Waals surface area contributed by atoms with E-state index in [4.69, 9.17) is 11.6 Å². The van der Waals surface area contributed by atoms with Crippen LogP contribution in [0.25, 0.3) is 0 Å². The minimum Gasteiger partial charge on any atom is -0.377 e. The normalized spacial score (nSPS) is 24.3. The molecule has 1 aliphatic heterocycles. The summed E-state index contributed by atoms with van der Waals surface area (Å²) in [6.07, 6.45) is -0.000785. The lowest BCUT2D eigenvalue weighted by atomic mass is 9.63. The highest BCUT2D eigenvalue weighted by Crippen LogP contribution is 2.49. The molecule has 1 unspecified atom stereocenters. The minimum absolute atomic E-state index is 0.0622. The van der Waals surface area contributed by atoms with Crippen molar-refractivity contribution in [1.29, 1.82) is 0 Å². The van der Waals surface area contributed by atoms with Gasteiger partial charge >= 0.3 is 6.18 Å². The summed E-state index contributed by atoms with van der Waals surface area (Å²) in [5, 5.41) is 5.96. The van der Waals surface area contributed by atoms with Crippen LogP contribution in [-0.4, -0.2) is 61.4 Å². The van der Waals surface area contributed by atoms with Gasteiger partial charge in [0, 0.05) is 25.8 Å². The standard InChI is InChI=1S/C29H31ClF4N6O3S/c1-35-27(41)20-15-40(2)26(20)28(9-4-6-18(14-28)17-5-3-7-19(11-17)29(32,33)34)38-23-13-22(31)24(12-21(23)30)44(42,43)39-25-8-10-36-16-37-25/h3,5,7-8,10-13,16,18,20,26,38H,4,6,9,14-15H2,1-2H3,(H,35,41)(H,36,37,39)/t18-,20?,26-,28-/m0/s1. The first kappa shape index (κ1) is 31.9. The highest BCUT2D eigenvalue weighted by atomic mass is 35.5. The summed E-state index contributed by atoms with van der Waals surface area (Å²) >= 11 is 6.58. The molecule has 2 heterocycles. The van der Waals surface area contributed by atoms with E-state index in [0.29, 0.717) is 37.8 Å². The van der Waals surface area contributed by atoms with Crippen LogP contribution in [0.5, 0.6) is 0 Å². The number of nitrogens with zero attached hydrogens (tertiary/aromatic N) is 3. The second kappa shape index (κ2) is 12.1. The number of amides is 1. The number of carbonyl (C=O) groups excluding carboxylic acids is 1. The van der Waals surface area contributed by atoms with Crippen LogP contribution in [0.4, 0.5) is 29.1 Å². The maximum Gasteiger partial charge on any atom is 0.416 e. The summed E-state index contributed by atoms with van der Waals surface area (Å²) in [4.78, 5) is 21.7. The fourth-order valence-electron chi connectivity index (χ4n) is 6.57. The molecular weight excluding hydrogens is 624 g/mol. The Balaban J connectivity index is 1.52. The summed E-state index contributed by atoms with van der Waals surface area (Å²) in [6.45, 7) is 0.454. The summed E-state index contributed by atoms with van der Waals surface area (Å²) < 4.78 is 84.3. The van der Waals surface area contributed by atoms with E-state index >= 15 is 4.39 Å². The summed E-state index contributed by atoms with van der Waals surface area (Å²) in [6, 6.07) is 8.09. The van der Waals surface area contributed by atoms with Crippen LogP contribution in [0.2, 0.25) is 5.02 Å². The lowest BCUT2D eigenvalue weighted by Gasteiger charge is -2.58. The molecule has 1 aromatic heterocycles. The SMILES string of the molecule is CNC(=O)C1CN(C)[C@@H]1[C@]1(Nc2cc(F)c(S(=O)(=O)Nc3ccncn3)cc2Cl)CCC[C@H](c2cccc(C(F)(F)F)c2)C1. The van der Waals surface area contributed by atoms with E-state index in [1.165, 1.54) is 25.4 Å². The van der Waals surface area contributed by atoms with Crippen molar-refractivity contribution in [1.82, 2.24) is 20.2 Å². The van der Waals surface area contributed by atoms with Gasteiger partial charge in [-0.2, -0.15) is 13.2 Å². The number of benzene rings is 2. The summed E-state index contributed by atoms with van der Waals surface area (Å²) in [7, 11) is -1.04. The molecule has 1 saturated carbocycles. The Morgan fingerprint density at radius 1 is 1.18 bits per heavy atom. The zero-order chi connectivity index (χ0) is 31.9. The average Bonchev–Trinajstić information content (AvgIpc) is 2.97. The molecule has 1 aliphatic carbocycles. The van der Waals surface area contributed by atoms with Gasteiger partial charge in [-0.1, -0.05) is 36.2 Å². The lowest BCUT2D eigenvalue weighted by Crippen LogP contribution is -2.71. The number of hydrogen-bond acceptors (Lipinski definition) is 7. The van der Waals surface area contributed by atoms with Crippen LogP contribution in [0.15, 0.2) is 59.9 Å². The van der Waals surface area contributed by atoms with E-state index in [2.05, 4.69) is 25.3 Å². The lowest BCUT2D eigenvalue weighted by molar-refractivity contribution is -0.138. The summed E-state index contributed by atoms with van der Waals surface area (Å²) in [5.74, 6) is -2.09. The van der Waals surface area contributed by atoms with Gasteiger partial charge in [0.05, 0.1) is 27.7 Å². The number of nitrogens with one attached hydrogen (secondary N) is 3. The van der Waals surface area contributed by atoms with Crippen molar-refractivity contribution in [2.75, 3.05) is 30.7 Å². The number of anilines is 2. The molecular formula is C29H31ClF4N6O3S. The largest absolute Gasteiger partial charge is 0.416 e. The average molecular weight is 655 g/mol. The molecule has 3 N–H and O–H groups in total. The molecule has 0 radical (unpaired) electrons. The number of likely N-dealkylation sites (tertiary alicyclic amines) is 1. The molecule has 15 heteroatoms. The third-order valence-corrected chi connectivity index (χ3v) is 10.2. The first-order valence-electron chi connectivity index (χ1n) is 13.9. The van der Waals surface area contributed by atoms with Crippen molar-refractivity contribution >= 4 is 39.0 Å². The van der Waals surface area contributed by atoms with E-state index in [1.54, 1.807) is 6.07 Å². The first-order valence-corrected chi connectivity index (χ1v) is 15.8. The zero-order valence-corrected chi connectivity index (χ0v) is 25.4. The molecule has 236 valence electrons. The molecule has 2 aromatic carbocycles. The number of sulfonamides is 1. The van der Waals surface area contributed by atoms with Crippen LogP contribution in [0.1, 0.15) is 42.7 Å². The van der Waals surface area contributed by atoms with Gasteiger partial charge in [-0.05, 0) is 62.1 Å². The van der Waals surface area contributed by atoms with E-state index < -0.39 is 50.0 Å². The maximum absolute atomic E-state index is 15.5. The van der Waals surface area contributed by atoms with Gasteiger partial charge in [-0.15, -0.1) is 0 Å². The number of carbonyl (C=O) groups is 1. The van der Waals surface area contributed by atoms with Crippen LogP contribution in [0, 0.1) is 11.7 Å². The van der Waals surface area contributed by atoms with E-state index in [0.717, 1.165) is 30.6 Å². The highest BCUT2D eigenvalue weighted by Gasteiger charge is 2.55. The number of alkyl halides is 3. The number of halogens is 5. The van der Waals surface area contributed by atoms with Gasteiger partial charge in [-0.25, -0.2) is 22.8 Å². The molecule has 3 aromatic rings. The second-order valence-electron chi connectivity index (χ2n) is 11.3. The van der Waals surface area contributed by atoms with Gasteiger partial charge in [0.25, 0.3) is 10.0 Å². The van der Waals surface area contributed by atoms with Crippen molar-refractivity contribution in [3.8, 4) is 0 Å². The number of likely N-dealkylation sites (N-methyl/N-ethyl adjacent to an activating group) is 1. The third-order valence-electron chi connectivity index (χ3n) is 8.48. The van der Waals surface area contributed by atoms with Crippen molar-refractivity contribution < 1.29 is 30.8 Å². The smallest absolute Gasteiger partial charge is 0.377 e. The Morgan fingerprint density at radius 2 is 1.95 bits per heavy atom. The molecule has 1 saturated heterocycles. The Morgan fingerprint density at radius 3 is 2.61 bits per heavy atom. The predicted molar refractivity (Wildman–Crippen MR) is 157 cm³/mol. The minimum atomic E-state index is -4.51. The van der Waals surface area contributed by atoms with Gasteiger partial charge in [0.1, 0.15) is 22.9 Å². The van der Waals surface area contributed by atoms with Crippen molar-refractivity contribution in [2.24, 2.45) is 5.92 Å². The predicted octanol–water partition coefficient (Wildman–Crippen LogP) is 5.27. The van der Waals surface area contributed by atoms with Crippen LogP contribution in [0.3, 0.4) is 0 Å². The van der Waals surface area contributed by atoms with E-state index in [9.17, 15) is 26.4 Å². The number of rotatable bonds is 8. The molecule has 4 atom stereocenters. The number of aromatic nitrogens is 2. The van der Waals surface area contributed by atoms with Crippen molar-refractivity contribution in [3.63, 3.8) is 0 Å². The molecule has 44 heavy (non-hydrogen) atoms. The van der Waals surface area contributed by atoms with Gasteiger partial charge in [-0.3, -0.25) is 14.4 Å². The van der Waals surface area contributed by atoms with Crippen LogP contribution < -0.4 is 15.4 Å². The van der Waals surface area contributed by atoms with E-state index in [-0.39, 0.29) is 28.4 Å². The topological polar surface area (TPSA) is 116 Å². The van der Waals surface area contributed by atoms with Crippen molar-refractivity contribution in [2.45, 2.75) is 54.3 Å². The molecule has 2 fully saturated rings. The fraction of sp³-hybridized carbons (Fsp3) is 0.414. The molecule has 0 spiro atoms.